The van der Waals surface area contributed by atoms with E-state index in [0.29, 0.717) is 5.92 Å². The number of nitrogens with zero attached hydrogens (tertiary/aromatic N) is 1. The maximum Gasteiger partial charge on any atom is 0.157 e. The number of ether oxygens (including phenoxy) is 3. The van der Waals surface area contributed by atoms with E-state index in [1.54, 1.807) is 7.11 Å². The largest absolute Gasteiger partial charge is 0.497 e. The molecule has 5 rings (SSSR count). The van der Waals surface area contributed by atoms with Crippen LogP contribution in [0.1, 0.15) is 63.0 Å². The minimum atomic E-state index is -0.403. The summed E-state index contributed by atoms with van der Waals surface area (Å²) in [4.78, 5) is 0. The summed E-state index contributed by atoms with van der Waals surface area (Å²) in [7, 11) is 1.71. The summed E-state index contributed by atoms with van der Waals surface area (Å²) in [6.45, 7) is 3.16. The molecule has 2 unspecified atom stereocenters. The third-order valence-electron chi connectivity index (χ3n) is 8.12. The highest BCUT2D eigenvalue weighted by atomic mass is 16.7. The number of fused-ring (bicyclic) bond motifs is 5. The van der Waals surface area contributed by atoms with Crippen molar-refractivity contribution in [1.29, 1.82) is 5.26 Å². The van der Waals surface area contributed by atoms with Crippen LogP contribution < -0.4 is 4.74 Å². The predicted octanol–water partition coefficient (Wildman–Crippen LogP) is 5.27. The van der Waals surface area contributed by atoms with Crippen molar-refractivity contribution in [3.8, 4) is 11.8 Å². The highest BCUT2D eigenvalue weighted by Gasteiger charge is 2.60. The Morgan fingerprint density at radius 3 is 2.86 bits per heavy atom. The smallest absolute Gasteiger partial charge is 0.157 e. The maximum absolute atomic E-state index is 10.5. The van der Waals surface area contributed by atoms with Gasteiger partial charge in [0.2, 0.25) is 0 Å². The maximum atomic E-state index is 10.5. The normalized spacial score (nSPS) is 38.2. The molecule has 29 heavy (non-hydrogen) atoms. The molecule has 1 aromatic rings. The third-order valence-corrected chi connectivity index (χ3v) is 8.12. The Balaban J connectivity index is 1.49. The Bertz CT molecular complexity index is 865. The first kappa shape index (κ1) is 19.2. The molecule has 1 heterocycles. The van der Waals surface area contributed by atoms with Crippen LogP contribution in [-0.2, 0) is 15.9 Å². The van der Waals surface area contributed by atoms with Crippen LogP contribution in [0, 0.1) is 28.1 Å². The second-order valence-electron chi connectivity index (χ2n) is 9.48. The molecule has 0 radical (unpaired) electrons. The van der Waals surface area contributed by atoms with Crippen molar-refractivity contribution in [2.75, 3.05) is 13.7 Å². The van der Waals surface area contributed by atoms with Gasteiger partial charge in [0.1, 0.15) is 5.75 Å². The molecule has 0 amide bonds. The van der Waals surface area contributed by atoms with E-state index in [1.807, 2.05) is 6.07 Å². The first-order chi connectivity index (χ1) is 14.1. The molecular formula is C25H31NO3. The van der Waals surface area contributed by atoms with Gasteiger partial charge in [-0.2, -0.15) is 5.26 Å². The number of nitriles is 1. The van der Waals surface area contributed by atoms with E-state index >= 15 is 0 Å². The van der Waals surface area contributed by atoms with E-state index < -0.39 is 5.41 Å². The summed E-state index contributed by atoms with van der Waals surface area (Å²) in [6, 6.07) is 9.16. The molecule has 4 heteroatoms. The van der Waals surface area contributed by atoms with E-state index in [0.717, 1.165) is 57.3 Å². The van der Waals surface area contributed by atoms with Gasteiger partial charge in [-0.05, 0) is 86.1 Å². The van der Waals surface area contributed by atoms with E-state index in [4.69, 9.17) is 14.2 Å². The Morgan fingerprint density at radius 2 is 2.10 bits per heavy atom. The zero-order valence-electron chi connectivity index (χ0n) is 17.6. The second kappa shape index (κ2) is 7.15. The van der Waals surface area contributed by atoms with Crippen molar-refractivity contribution >= 4 is 5.57 Å². The SMILES string of the molecule is COc1ccc2c(c1)CCC1(C#N)C2=CC[C@]2(C)[C@@H](OC3CCCCO3)CC[C@@H]12. The van der Waals surface area contributed by atoms with Gasteiger partial charge >= 0.3 is 0 Å². The fourth-order valence-electron chi connectivity index (χ4n) is 6.55. The van der Waals surface area contributed by atoms with Crippen LogP contribution in [0.3, 0.4) is 0 Å². The van der Waals surface area contributed by atoms with Crippen molar-refractivity contribution in [3.05, 3.63) is 35.4 Å². The van der Waals surface area contributed by atoms with Gasteiger partial charge in [-0.25, -0.2) is 0 Å². The Morgan fingerprint density at radius 1 is 1.21 bits per heavy atom. The number of allylic oxidation sites excluding steroid dienone is 2. The molecule has 0 N–H and O–H groups in total. The zero-order chi connectivity index (χ0) is 20.1. The molecule has 3 aliphatic carbocycles. The molecule has 1 saturated carbocycles. The summed E-state index contributed by atoms with van der Waals surface area (Å²) in [5.74, 6) is 1.24. The summed E-state index contributed by atoms with van der Waals surface area (Å²) in [5.41, 5.74) is 3.41. The monoisotopic (exact) mass is 393 g/mol. The van der Waals surface area contributed by atoms with Gasteiger partial charge in [-0.1, -0.05) is 19.1 Å². The van der Waals surface area contributed by atoms with Crippen molar-refractivity contribution in [1.82, 2.24) is 0 Å². The van der Waals surface area contributed by atoms with Crippen LogP contribution in [0.4, 0.5) is 0 Å². The average molecular weight is 394 g/mol. The minimum absolute atomic E-state index is 0.00398. The van der Waals surface area contributed by atoms with Crippen LogP contribution in [0.25, 0.3) is 5.57 Å². The Hall–Kier alpha value is -1.83. The first-order valence-electron chi connectivity index (χ1n) is 11.2. The lowest BCUT2D eigenvalue weighted by Crippen LogP contribution is -2.48. The topological polar surface area (TPSA) is 51.5 Å². The summed E-state index contributed by atoms with van der Waals surface area (Å²) in [5, 5.41) is 10.5. The summed E-state index contributed by atoms with van der Waals surface area (Å²) < 4.78 is 17.8. The fraction of sp³-hybridized carbons (Fsp3) is 0.640. The standard InChI is InChI=1S/C25H31NO3/c1-24-12-11-20-19-7-6-18(27-2)15-17(19)10-13-25(20,16-26)21(24)8-9-22(24)29-23-5-3-4-14-28-23/h6-7,11,15,21-23H,3-5,8-10,12-14H2,1-2H3/t21-,22+,23?,24+,25?/m1/s1. The van der Waals surface area contributed by atoms with E-state index in [2.05, 4.69) is 31.2 Å². The molecule has 1 aliphatic heterocycles. The van der Waals surface area contributed by atoms with Gasteiger partial charge in [0.25, 0.3) is 0 Å². The van der Waals surface area contributed by atoms with Crippen LogP contribution >= 0.6 is 0 Å². The number of benzene rings is 1. The van der Waals surface area contributed by atoms with Crippen molar-refractivity contribution in [2.24, 2.45) is 16.7 Å². The number of aryl methyl sites for hydroxylation is 1. The van der Waals surface area contributed by atoms with Crippen molar-refractivity contribution < 1.29 is 14.2 Å². The van der Waals surface area contributed by atoms with E-state index in [1.165, 1.54) is 23.1 Å². The van der Waals surface area contributed by atoms with Crippen molar-refractivity contribution in [2.45, 2.75) is 70.7 Å². The van der Waals surface area contributed by atoms with Crippen LogP contribution in [0.15, 0.2) is 24.3 Å². The number of methoxy groups -OCH3 is 1. The number of hydrogen-bond acceptors (Lipinski definition) is 4. The Kier molecular flexibility index (Phi) is 4.72. The van der Waals surface area contributed by atoms with E-state index in [9.17, 15) is 5.26 Å². The molecular weight excluding hydrogens is 362 g/mol. The highest BCUT2D eigenvalue weighted by Crippen LogP contribution is 2.65. The zero-order valence-corrected chi connectivity index (χ0v) is 17.6. The molecule has 0 aromatic heterocycles. The molecule has 154 valence electrons. The summed E-state index contributed by atoms with van der Waals surface area (Å²) >= 11 is 0. The lowest BCUT2D eigenvalue weighted by Gasteiger charge is -2.51. The van der Waals surface area contributed by atoms with Gasteiger partial charge in [0.15, 0.2) is 6.29 Å². The van der Waals surface area contributed by atoms with Gasteiger partial charge in [-0.15, -0.1) is 0 Å². The highest BCUT2D eigenvalue weighted by molar-refractivity contribution is 5.79. The van der Waals surface area contributed by atoms with Crippen LogP contribution in [-0.4, -0.2) is 26.1 Å². The van der Waals surface area contributed by atoms with Crippen molar-refractivity contribution in [3.63, 3.8) is 0 Å². The molecule has 1 aromatic carbocycles. The van der Waals surface area contributed by atoms with Gasteiger partial charge < -0.3 is 14.2 Å². The molecule has 0 bridgehead atoms. The predicted molar refractivity (Wildman–Crippen MR) is 111 cm³/mol. The first-order valence-corrected chi connectivity index (χ1v) is 11.2. The molecule has 4 nitrogen and oxygen atoms in total. The molecule has 4 aliphatic rings. The molecule has 5 atom stereocenters. The van der Waals surface area contributed by atoms with Crippen LogP contribution in [0.5, 0.6) is 5.75 Å². The van der Waals surface area contributed by atoms with Gasteiger partial charge in [0.05, 0.1) is 24.7 Å². The quantitative estimate of drug-likeness (QED) is 0.702. The Labute approximate surface area is 173 Å². The summed E-state index contributed by atoms with van der Waals surface area (Å²) in [6.07, 6.45) is 10.7. The van der Waals surface area contributed by atoms with Gasteiger partial charge in [-0.3, -0.25) is 0 Å². The molecule has 1 saturated heterocycles. The molecule has 0 spiro atoms. The number of rotatable bonds is 3. The average Bonchev–Trinajstić information content (AvgIpc) is 3.10. The minimum Gasteiger partial charge on any atom is -0.497 e. The third kappa shape index (κ3) is 2.86. The van der Waals surface area contributed by atoms with E-state index in [-0.39, 0.29) is 17.8 Å². The lowest BCUT2D eigenvalue weighted by atomic mass is 9.52. The molecule has 2 fully saturated rings. The number of hydrogen-bond donors (Lipinski definition) is 0. The van der Waals surface area contributed by atoms with Crippen LogP contribution in [0.2, 0.25) is 0 Å². The fourth-order valence-corrected chi connectivity index (χ4v) is 6.55. The second-order valence-corrected chi connectivity index (χ2v) is 9.48. The van der Waals surface area contributed by atoms with Gasteiger partial charge in [0, 0.05) is 12.0 Å². The lowest BCUT2D eigenvalue weighted by molar-refractivity contribution is -0.209.